The topological polar surface area (TPSA) is 75.7 Å². The second-order valence-corrected chi connectivity index (χ2v) is 8.93. The number of carbonyl (C=O) groups is 1. The molecule has 0 spiro atoms. The van der Waals surface area contributed by atoms with E-state index in [9.17, 15) is 13.2 Å². The molecule has 2 rings (SSSR count). The van der Waals surface area contributed by atoms with E-state index in [-0.39, 0.29) is 22.9 Å². The minimum Gasteiger partial charge on any atom is -0.484 e. The second-order valence-electron chi connectivity index (χ2n) is 7.06. The zero-order valence-corrected chi connectivity index (χ0v) is 16.9. The smallest absolute Gasteiger partial charge is 0.264 e. The maximum atomic E-state index is 12.8. The Labute approximate surface area is 161 Å². The van der Waals surface area contributed by atoms with Crippen molar-refractivity contribution in [3.8, 4) is 5.75 Å². The monoisotopic (exact) mass is 390 g/mol. The molecule has 0 fully saturated rings. The Hall–Kier alpha value is -2.54. The molecule has 27 heavy (non-hydrogen) atoms. The van der Waals surface area contributed by atoms with Crippen molar-refractivity contribution in [1.82, 2.24) is 5.32 Å². The van der Waals surface area contributed by atoms with Crippen molar-refractivity contribution in [3.63, 3.8) is 0 Å². The Morgan fingerprint density at radius 3 is 2.15 bits per heavy atom. The highest BCUT2D eigenvalue weighted by atomic mass is 32.2. The number of hydrogen-bond donors (Lipinski definition) is 1. The van der Waals surface area contributed by atoms with Crippen molar-refractivity contribution >= 4 is 21.6 Å². The first-order valence-electron chi connectivity index (χ1n) is 8.75. The summed E-state index contributed by atoms with van der Waals surface area (Å²) in [4.78, 5) is 12.1. The van der Waals surface area contributed by atoms with E-state index in [1.54, 1.807) is 61.5 Å². The summed E-state index contributed by atoms with van der Waals surface area (Å²) in [5, 5.41) is 2.81. The average molecular weight is 391 g/mol. The van der Waals surface area contributed by atoms with Crippen LogP contribution in [0.5, 0.6) is 5.75 Å². The standard InChI is InChI=1S/C20H26N2O4S/c1-5-22(27(24,25)18-9-7-6-8-10-18)16-11-13-17(14-12-16)26-15-19(23)21-20(2,3)4/h6-14H,5,15H2,1-4H3,(H,21,23). The summed E-state index contributed by atoms with van der Waals surface area (Å²) in [6.07, 6.45) is 0. The van der Waals surface area contributed by atoms with Gasteiger partial charge in [-0.15, -0.1) is 0 Å². The molecular formula is C20H26N2O4S. The van der Waals surface area contributed by atoms with Crippen LogP contribution in [-0.2, 0) is 14.8 Å². The van der Waals surface area contributed by atoms with E-state index in [2.05, 4.69) is 5.32 Å². The molecule has 6 nitrogen and oxygen atoms in total. The summed E-state index contributed by atoms with van der Waals surface area (Å²) in [5.41, 5.74) is 0.213. The van der Waals surface area contributed by atoms with Gasteiger partial charge in [0, 0.05) is 12.1 Å². The van der Waals surface area contributed by atoms with Crippen molar-refractivity contribution in [1.29, 1.82) is 0 Å². The van der Waals surface area contributed by atoms with Gasteiger partial charge in [0.15, 0.2) is 6.61 Å². The van der Waals surface area contributed by atoms with Crippen LogP contribution in [0, 0.1) is 0 Å². The molecule has 2 aromatic rings. The van der Waals surface area contributed by atoms with E-state index in [1.807, 2.05) is 20.8 Å². The molecule has 0 heterocycles. The summed E-state index contributed by atoms with van der Waals surface area (Å²) >= 11 is 0. The van der Waals surface area contributed by atoms with Gasteiger partial charge in [-0.05, 0) is 64.1 Å². The molecule has 0 aromatic heterocycles. The number of benzene rings is 2. The maximum Gasteiger partial charge on any atom is 0.264 e. The van der Waals surface area contributed by atoms with Gasteiger partial charge in [0.05, 0.1) is 10.6 Å². The lowest BCUT2D eigenvalue weighted by atomic mass is 10.1. The quantitative estimate of drug-likeness (QED) is 0.788. The van der Waals surface area contributed by atoms with Crippen molar-refractivity contribution in [2.45, 2.75) is 38.1 Å². The number of sulfonamides is 1. The minimum atomic E-state index is -3.63. The third-order valence-electron chi connectivity index (χ3n) is 3.63. The molecule has 0 radical (unpaired) electrons. The fourth-order valence-electron chi connectivity index (χ4n) is 2.52. The molecule has 1 amide bonds. The van der Waals surface area contributed by atoms with Gasteiger partial charge in [0.2, 0.25) is 0 Å². The first-order valence-corrected chi connectivity index (χ1v) is 10.2. The Balaban J connectivity index is 2.10. The average Bonchev–Trinajstić information content (AvgIpc) is 2.61. The number of hydrogen-bond acceptors (Lipinski definition) is 4. The van der Waals surface area contributed by atoms with Crippen molar-refractivity contribution < 1.29 is 17.9 Å². The lowest BCUT2D eigenvalue weighted by molar-refractivity contribution is -0.124. The fourth-order valence-corrected chi connectivity index (χ4v) is 4.02. The van der Waals surface area contributed by atoms with Crippen LogP contribution >= 0.6 is 0 Å². The lowest BCUT2D eigenvalue weighted by Gasteiger charge is -2.23. The van der Waals surface area contributed by atoms with Gasteiger partial charge in [-0.2, -0.15) is 0 Å². The SMILES string of the molecule is CCN(c1ccc(OCC(=O)NC(C)(C)C)cc1)S(=O)(=O)c1ccccc1. The molecule has 0 saturated carbocycles. The van der Waals surface area contributed by atoms with Crippen molar-refractivity contribution in [2.24, 2.45) is 0 Å². The first-order chi connectivity index (χ1) is 12.6. The van der Waals surface area contributed by atoms with Crippen LogP contribution < -0.4 is 14.4 Å². The van der Waals surface area contributed by atoms with Gasteiger partial charge in [-0.1, -0.05) is 18.2 Å². The molecule has 7 heteroatoms. The van der Waals surface area contributed by atoms with Crippen LogP contribution in [0.15, 0.2) is 59.5 Å². The molecule has 146 valence electrons. The summed E-state index contributed by atoms with van der Waals surface area (Å²) in [6.45, 7) is 7.66. The van der Waals surface area contributed by atoms with Crippen LogP contribution in [0.25, 0.3) is 0 Å². The number of carbonyl (C=O) groups excluding carboxylic acids is 1. The Bertz CT molecular complexity index is 857. The van der Waals surface area contributed by atoms with E-state index < -0.39 is 10.0 Å². The van der Waals surface area contributed by atoms with Gasteiger partial charge < -0.3 is 10.1 Å². The number of nitrogens with zero attached hydrogens (tertiary/aromatic N) is 1. The van der Waals surface area contributed by atoms with E-state index in [0.29, 0.717) is 18.0 Å². The predicted octanol–water partition coefficient (Wildman–Crippen LogP) is 3.20. The molecule has 1 N–H and O–H groups in total. The van der Waals surface area contributed by atoms with Gasteiger partial charge in [0.25, 0.3) is 15.9 Å². The molecule has 0 aliphatic carbocycles. The Morgan fingerprint density at radius 2 is 1.63 bits per heavy atom. The minimum absolute atomic E-state index is 0.101. The number of rotatable bonds is 7. The Morgan fingerprint density at radius 1 is 1.04 bits per heavy atom. The summed E-state index contributed by atoms with van der Waals surface area (Å²) < 4.78 is 32.5. The molecule has 0 aliphatic rings. The zero-order valence-electron chi connectivity index (χ0n) is 16.1. The highest BCUT2D eigenvalue weighted by Crippen LogP contribution is 2.25. The zero-order chi connectivity index (χ0) is 20.1. The normalized spacial score (nSPS) is 11.7. The molecular weight excluding hydrogens is 364 g/mol. The van der Waals surface area contributed by atoms with Crippen molar-refractivity contribution in [2.75, 3.05) is 17.5 Å². The van der Waals surface area contributed by atoms with Crippen LogP contribution in [0.1, 0.15) is 27.7 Å². The molecule has 0 aliphatic heterocycles. The highest BCUT2D eigenvalue weighted by molar-refractivity contribution is 7.92. The summed E-state index contributed by atoms with van der Waals surface area (Å²) in [6, 6.07) is 15.0. The molecule has 2 aromatic carbocycles. The van der Waals surface area contributed by atoms with Crippen molar-refractivity contribution in [3.05, 3.63) is 54.6 Å². The number of ether oxygens (including phenoxy) is 1. The number of amides is 1. The van der Waals surface area contributed by atoms with Crippen LogP contribution in [0.3, 0.4) is 0 Å². The molecule has 0 atom stereocenters. The summed E-state index contributed by atoms with van der Waals surface area (Å²) in [5.74, 6) is 0.282. The third-order valence-corrected chi connectivity index (χ3v) is 5.54. The lowest BCUT2D eigenvalue weighted by Crippen LogP contribution is -2.43. The van der Waals surface area contributed by atoms with E-state index in [0.717, 1.165) is 0 Å². The predicted molar refractivity (Wildman–Crippen MR) is 106 cm³/mol. The maximum absolute atomic E-state index is 12.8. The highest BCUT2D eigenvalue weighted by Gasteiger charge is 2.23. The number of nitrogens with one attached hydrogen (secondary N) is 1. The van der Waals surface area contributed by atoms with Crippen LogP contribution in [-0.4, -0.2) is 33.0 Å². The van der Waals surface area contributed by atoms with E-state index in [1.165, 1.54) is 4.31 Å². The molecule has 0 bridgehead atoms. The summed E-state index contributed by atoms with van der Waals surface area (Å²) in [7, 11) is -3.63. The van der Waals surface area contributed by atoms with Crippen LogP contribution in [0.4, 0.5) is 5.69 Å². The van der Waals surface area contributed by atoms with Gasteiger partial charge in [-0.3, -0.25) is 9.10 Å². The fraction of sp³-hybridized carbons (Fsp3) is 0.350. The van der Waals surface area contributed by atoms with Crippen LogP contribution in [0.2, 0.25) is 0 Å². The van der Waals surface area contributed by atoms with Gasteiger partial charge >= 0.3 is 0 Å². The van der Waals surface area contributed by atoms with Gasteiger partial charge in [0.1, 0.15) is 5.75 Å². The third kappa shape index (κ3) is 5.72. The largest absolute Gasteiger partial charge is 0.484 e. The first kappa shape index (κ1) is 20.8. The number of anilines is 1. The van der Waals surface area contributed by atoms with Gasteiger partial charge in [-0.25, -0.2) is 8.42 Å². The molecule has 0 unspecified atom stereocenters. The van der Waals surface area contributed by atoms with E-state index in [4.69, 9.17) is 4.74 Å². The molecule has 0 saturated heterocycles. The Kier molecular flexibility index (Phi) is 6.49. The second kappa shape index (κ2) is 8.43. The van der Waals surface area contributed by atoms with E-state index >= 15 is 0 Å².